The summed E-state index contributed by atoms with van der Waals surface area (Å²) in [5.74, 6) is -2.33. The van der Waals surface area contributed by atoms with Gasteiger partial charge in [-0.15, -0.1) is 35.3 Å². The number of nitrogens with zero attached hydrogens (tertiary/aromatic N) is 3. The number of quaternary nitrogens is 1. The quantitative estimate of drug-likeness (QED) is 0.0802. The number of hydrogen-bond acceptors (Lipinski definition) is 7. The van der Waals surface area contributed by atoms with Crippen molar-refractivity contribution < 1.29 is 38.4 Å². The van der Waals surface area contributed by atoms with Gasteiger partial charge in [0.05, 0.1) is 43.9 Å². The van der Waals surface area contributed by atoms with Crippen molar-refractivity contribution in [2.24, 2.45) is 0 Å². The van der Waals surface area contributed by atoms with Gasteiger partial charge in [0.2, 0.25) is 5.91 Å². The Hall–Kier alpha value is -2.68. The summed E-state index contributed by atoms with van der Waals surface area (Å²) in [6.45, 7) is 4.68. The normalized spacial score (nSPS) is 20.4. The van der Waals surface area contributed by atoms with Crippen molar-refractivity contribution in [3.05, 3.63) is 69.6 Å². The first-order chi connectivity index (χ1) is 22.9. The highest BCUT2D eigenvalue weighted by molar-refractivity contribution is 8.01. The molecule has 2 unspecified atom stereocenters. The minimum absolute atomic E-state index is 0.00471. The number of thioether (sulfide) groups is 3. The molecule has 3 N–H and O–H groups in total. The van der Waals surface area contributed by atoms with Crippen LogP contribution in [0.2, 0.25) is 10.0 Å². The molecule has 2 saturated heterocycles. The predicted octanol–water partition coefficient (Wildman–Crippen LogP) is 5.02. The Morgan fingerprint density at radius 3 is 2.52 bits per heavy atom. The molecule has 3 aliphatic rings. The number of amides is 2. The lowest BCUT2D eigenvalue weighted by Crippen LogP contribution is -2.70. The molecular formula is C33H38Cl2N4O6S3+2. The van der Waals surface area contributed by atoms with Gasteiger partial charge in [-0.2, -0.15) is 0 Å². The monoisotopic (exact) mass is 752 g/mol. The van der Waals surface area contributed by atoms with Crippen molar-refractivity contribution in [1.29, 1.82) is 0 Å². The molecule has 2 amide bonds. The molecule has 0 bridgehead atoms. The van der Waals surface area contributed by atoms with Crippen LogP contribution < -0.4 is 9.88 Å². The van der Waals surface area contributed by atoms with E-state index < -0.39 is 35.2 Å². The van der Waals surface area contributed by atoms with E-state index in [4.69, 9.17) is 28.3 Å². The van der Waals surface area contributed by atoms with Crippen molar-refractivity contribution in [2.45, 2.75) is 53.4 Å². The second kappa shape index (κ2) is 16.4. The van der Waals surface area contributed by atoms with Gasteiger partial charge in [0.25, 0.3) is 5.91 Å². The summed E-state index contributed by atoms with van der Waals surface area (Å²) in [6, 6.07) is 6.32. The van der Waals surface area contributed by atoms with E-state index in [9.17, 15) is 24.3 Å². The summed E-state index contributed by atoms with van der Waals surface area (Å²) in [7, 11) is 2.36. The summed E-state index contributed by atoms with van der Waals surface area (Å²) in [5.41, 5.74) is 1.09. The van der Waals surface area contributed by atoms with Gasteiger partial charge in [0.1, 0.15) is 17.1 Å². The van der Waals surface area contributed by atoms with Gasteiger partial charge in [-0.25, -0.2) is 14.2 Å². The smallest absolute Gasteiger partial charge is 0.352 e. The van der Waals surface area contributed by atoms with Crippen LogP contribution in [0.3, 0.4) is 0 Å². The fourth-order valence-corrected chi connectivity index (χ4v) is 9.85. The minimum atomic E-state index is -1.16. The maximum atomic E-state index is 13.1. The first-order valence-corrected chi connectivity index (χ1v) is 19.4. The number of piperidine rings is 1. The zero-order valence-corrected chi connectivity index (χ0v) is 30.4. The molecule has 1 aromatic heterocycles. The number of β-lactam (4-membered cyclic amide) rings is 1. The topological polar surface area (TPSA) is 128 Å². The number of likely N-dealkylation sites (tertiary alicyclic amines) is 1. The molecule has 0 saturated carbocycles. The summed E-state index contributed by atoms with van der Waals surface area (Å²) < 4.78 is 3.36. The van der Waals surface area contributed by atoms with Crippen LogP contribution in [0.4, 0.5) is 0 Å². The van der Waals surface area contributed by atoms with Gasteiger partial charge >= 0.3 is 11.9 Å². The number of aromatic nitrogens is 1. The number of halogens is 2. The summed E-state index contributed by atoms with van der Waals surface area (Å²) in [4.78, 5) is 51.9. The third-order valence-corrected chi connectivity index (χ3v) is 12.9. The Morgan fingerprint density at radius 1 is 1.10 bits per heavy atom. The molecule has 10 nitrogen and oxygen atoms in total. The van der Waals surface area contributed by atoms with E-state index in [1.54, 1.807) is 17.8 Å². The molecule has 15 heteroatoms. The van der Waals surface area contributed by atoms with E-state index in [2.05, 4.69) is 29.3 Å². The number of nitrogens with one attached hydrogen (secondary N) is 1. The third kappa shape index (κ3) is 9.10. The molecule has 1 aromatic carbocycles. The number of benzene rings is 1. The van der Waals surface area contributed by atoms with Gasteiger partial charge in [0, 0.05) is 44.5 Å². The number of aryl methyl sites for hydroxylation is 1. The number of carboxylic acids is 2. The lowest BCUT2D eigenvalue weighted by Gasteiger charge is -2.49. The molecule has 3 aliphatic heterocycles. The highest BCUT2D eigenvalue weighted by Crippen LogP contribution is 2.42. The van der Waals surface area contributed by atoms with Crippen LogP contribution in [0.25, 0.3) is 6.08 Å². The van der Waals surface area contributed by atoms with Crippen LogP contribution in [0, 0.1) is 0 Å². The first-order valence-electron chi connectivity index (χ1n) is 15.6. The maximum absolute atomic E-state index is 13.1. The van der Waals surface area contributed by atoms with Gasteiger partial charge in [-0.1, -0.05) is 23.2 Å². The van der Waals surface area contributed by atoms with Crippen LogP contribution in [0.15, 0.2) is 63.8 Å². The fourth-order valence-electron chi connectivity index (χ4n) is 6.09. The van der Waals surface area contributed by atoms with E-state index in [0.717, 1.165) is 40.2 Å². The highest BCUT2D eigenvalue weighted by atomic mass is 35.5. The van der Waals surface area contributed by atoms with Crippen molar-refractivity contribution in [3.8, 4) is 0 Å². The van der Waals surface area contributed by atoms with E-state index in [0.29, 0.717) is 32.6 Å². The Kier molecular flexibility index (Phi) is 12.5. The SMILES string of the molecule is C[N+]1(CCC[n+]2ccc(SCC3=C(C(=O)O)N4C(=O)C(NC(=O)CSc5cc(Cl)c(C=CC(=O)O)cc5Cl)C4SC3)cc2)CCCCC1. The summed E-state index contributed by atoms with van der Waals surface area (Å²) >= 11 is 16.7. The number of hydrogen-bond donors (Lipinski definition) is 3. The maximum Gasteiger partial charge on any atom is 0.352 e. The lowest BCUT2D eigenvalue weighted by atomic mass is 10.0. The van der Waals surface area contributed by atoms with Crippen molar-refractivity contribution in [1.82, 2.24) is 10.2 Å². The fraction of sp³-hybridized carbons (Fsp3) is 0.424. The molecule has 2 aromatic rings. The third-order valence-electron chi connectivity index (χ3n) is 8.67. The molecular weight excluding hydrogens is 715 g/mol. The minimum Gasteiger partial charge on any atom is -0.478 e. The Bertz CT molecular complexity index is 1630. The molecule has 256 valence electrons. The average Bonchev–Trinajstić information content (AvgIpc) is 3.06. The van der Waals surface area contributed by atoms with Crippen molar-refractivity contribution in [3.63, 3.8) is 0 Å². The number of carbonyl (C=O) groups excluding carboxylic acids is 2. The zero-order valence-electron chi connectivity index (χ0n) is 26.4. The second-order valence-electron chi connectivity index (χ2n) is 12.2. The Balaban J connectivity index is 1.12. The van der Waals surface area contributed by atoms with Crippen LogP contribution in [-0.2, 0) is 25.7 Å². The van der Waals surface area contributed by atoms with Gasteiger partial charge < -0.3 is 20.0 Å². The molecule has 0 spiro atoms. The molecule has 48 heavy (non-hydrogen) atoms. The standard InChI is InChI=1S/C33H36Cl2N4O6S3/c1-39(13-3-2-4-14-39)15-5-10-37-11-8-23(9-12-37)46-18-22-19-48-32-29(31(43)38(32)30(22)33(44)45)36-27(40)20-47-26-17-24(34)21(16-25(26)35)6-7-28(41)42/h6-9,11-12,16-17,29,32H,2-5,10,13-15,18-20H2,1H3,(H-2,36,40,41,42,44,45)/p+2. The molecule has 0 aliphatic carbocycles. The van der Waals surface area contributed by atoms with Crippen LogP contribution in [-0.4, -0.2) is 98.7 Å². The molecule has 4 heterocycles. The van der Waals surface area contributed by atoms with E-state index in [1.165, 1.54) is 67.7 Å². The second-order valence-corrected chi connectivity index (χ2v) is 16.2. The Morgan fingerprint density at radius 2 is 1.83 bits per heavy atom. The number of aliphatic carboxylic acids is 2. The van der Waals surface area contributed by atoms with Crippen LogP contribution in [0.1, 0.15) is 31.2 Å². The first kappa shape index (κ1) is 36.6. The molecule has 2 fully saturated rings. The number of carboxylic acid groups (broad SMARTS) is 2. The van der Waals surface area contributed by atoms with Gasteiger partial charge in [0.15, 0.2) is 18.9 Å². The summed E-state index contributed by atoms with van der Waals surface area (Å²) in [5, 5.41) is 21.7. The van der Waals surface area contributed by atoms with Crippen molar-refractivity contribution >= 4 is 88.3 Å². The Labute approximate surface area is 302 Å². The van der Waals surface area contributed by atoms with E-state index in [-0.39, 0.29) is 16.5 Å². The van der Waals surface area contributed by atoms with E-state index >= 15 is 0 Å². The van der Waals surface area contributed by atoms with Crippen LogP contribution >= 0.6 is 58.5 Å². The average molecular weight is 754 g/mol. The highest BCUT2D eigenvalue weighted by Gasteiger charge is 2.54. The number of rotatable bonds is 14. The molecule has 2 atom stereocenters. The van der Waals surface area contributed by atoms with Crippen molar-refractivity contribution in [2.75, 3.05) is 43.9 Å². The number of carbonyl (C=O) groups is 4. The predicted molar refractivity (Wildman–Crippen MR) is 190 cm³/mol. The zero-order chi connectivity index (χ0) is 34.4. The molecule has 0 radical (unpaired) electrons. The lowest BCUT2D eigenvalue weighted by molar-refractivity contribution is -0.916. The van der Waals surface area contributed by atoms with E-state index in [1.807, 2.05) is 12.1 Å². The summed E-state index contributed by atoms with van der Waals surface area (Å²) in [6.07, 6.45) is 11.5. The number of pyridine rings is 1. The largest absolute Gasteiger partial charge is 0.478 e. The number of fused-ring (bicyclic) bond motifs is 1. The molecule has 5 rings (SSSR count). The van der Waals surface area contributed by atoms with Gasteiger partial charge in [-0.05, 0) is 48.6 Å². The van der Waals surface area contributed by atoms with Crippen LogP contribution in [0.5, 0.6) is 0 Å². The van der Waals surface area contributed by atoms with Gasteiger partial charge in [-0.3, -0.25) is 14.5 Å².